The molecule has 13 nitrogen and oxygen atoms in total. The molecule has 0 aromatic carbocycles. The van der Waals surface area contributed by atoms with E-state index < -0.39 is 0 Å². The number of hydrogen-bond acceptors (Lipinski definition) is 10. The maximum absolute atomic E-state index is 13.8. The van der Waals surface area contributed by atoms with Crippen LogP contribution in [0, 0.1) is 5.41 Å². The van der Waals surface area contributed by atoms with Crippen LogP contribution in [-0.2, 0) is 31.2 Å². The van der Waals surface area contributed by atoms with Gasteiger partial charge in [-0.25, -0.2) is 15.0 Å². The average molecular weight is 664 g/mol. The van der Waals surface area contributed by atoms with Crippen LogP contribution in [0.25, 0.3) is 22.6 Å². The van der Waals surface area contributed by atoms with Crippen LogP contribution in [0.15, 0.2) is 64.8 Å². The predicted molar refractivity (Wildman–Crippen MR) is 187 cm³/mol. The summed E-state index contributed by atoms with van der Waals surface area (Å²) in [5.74, 6) is 0.896. The largest absolute Gasteiger partial charge is 0.392 e. The van der Waals surface area contributed by atoms with E-state index in [2.05, 4.69) is 50.8 Å². The summed E-state index contributed by atoms with van der Waals surface area (Å²) in [5, 5.41) is 13.7. The molecule has 0 saturated carbocycles. The van der Waals surface area contributed by atoms with E-state index in [1.165, 1.54) is 20.4 Å². The Bertz CT molecular complexity index is 2180. The van der Waals surface area contributed by atoms with E-state index in [0.717, 1.165) is 51.4 Å². The van der Waals surface area contributed by atoms with E-state index in [1.807, 2.05) is 35.0 Å². The van der Waals surface area contributed by atoms with Gasteiger partial charge in [-0.15, -0.1) is 0 Å². The average Bonchev–Trinajstić information content (AvgIpc) is 3.55. The summed E-state index contributed by atoms with van der Waals surface area (Å²) in [6.45, 7) is 10.8. The van der Waals surface area contributed by atoms with Crippen LogP contribution in [0.5, 0.6) is 0 Å². The zero-order valence-corrected chi connectivity index (χ0v) is 28.3. The molecular weight excluding hydrogens is 622 g/mol. The first-order chi connectivity index (χ1) is 23.6. The third-order valence-electron chi connectivity index (χ3n) is 10.2. The molecule has 13 heteroatoms. The van der Waals surface area contributed by atoms with Gasteiger partial charge in [-0.1, -0.05) is 13.8 Å². The molecule has 5 aromatic rings. The highest BCUT2D eigenvalue weighted by atomic mass is 16.5. The van der Waals surface area contributed by atoms with Crippen molar-refractivity contribution in [2.45, 2.75) is 52.3 Å². The van der Waals surface area contributed by atoms with Gasteiger partial charge < -0.3 is 29.0 Å². The summed E-state index contributed by atoms with van der Waals surface area (Å²) < 4.78 is 10.3. The summed E-state index contributed by atoms with van der Waals surface area (Å²) in [6.07, 6.45) is 10.4. The lowest BCUT2D eigenvalue weighted by molar-refractivity contribution is -0.0691. The Kier molecular flexibility index (Phi) is 7.65. The Labute approximate surface area is 283 Å². The maximum atomic E-state index is 13.8. The van der Waals surface area contributed by atoms with Gasteiger partial charge in [-0.2, -0.15) is 0 Å². The van der Waals surface area contributed by atoms with Gasteiger partial charge in [0.2, 0.25) is 0 Å². The maximum Gasteiger partial charge on any atom is 0.293 e. The van der Waals surface area contributed by atoms with E-state index in [4.69, 9.17) is 4.74 Å². The van der Waals surface area contributed by atoms with Crippen molar-refractivity contribution in [2.75, 3.05) is 43.1 Å². The Morgan fingerprint density at radius 2 is 1.90 bits per heavy atom. The number of pyridine rings is 2. The fraction of sp³-hybridized carbons (Fsp3) is 0.417. The van der Waals surface area contributed by atoms with Gasteiger partial charge in [0, 0.05) is 74.3 Å². The number of aliphatic hydroxyl groups is 1. The molecule has 2 aliphatic heterocycles. The molecule has 2 saturated heterocycles. The smallest absolute Gasteiger partial charge is 0.293 e. The molecule has 5 aromatic heterocycles. The normalized spacial score (nSPS) is 19.3. The lowest BCUT2D eigenvalue weighted by Crippen LogP contribution is -2.59. The molecule has 1 atom stereocenters. The highest BCUT2D eigenvalue weighted by Crippen LogP contribution is 2.37. The molecule has 49 heavy (non-hydrogen) atoms. The minimum absolute atomic E-state index is 0.0939. The van der Waals surface area contributed by atoms with Gasteiger partial charge in [-0.3, -0.25) is 19.1 Å². The molecule has 3 aliphatic rings. The second-order valence-electron chi connectivity index (χ2n) is 14.3. The number of aryl methyl sites for hydroxylation is 1. The van der Waals surface area contributed by atoms with Crippen molar-refractivity contribution in [1.29, 1.82) is 0 Å². The topological polar surface area (TPSA) is 135 Å². The van der Waals surface area contributed by atoms with Crippen molar-refractivity contribution in [2.24, 2.45) is 12.5 Å². The number of aromatic nitrogens is 6. The standard InChI is InChI=1S/C36H41N9O4/c1-22-17-42(25-20-49-21-25)9-10-43(22)24-5-6-31(38-16-24)40-32-35(48)41(4)18-28(39-32)26-7-8-37-33(27(26)19-46)45-12-11-44-29(34(45)47)13-23-14-36(2,3)15-30(23)44/h5-8,11-13,16,18,22,25,46H,9-10,14-15,17,19-21H2,1-4H3,(H,38,39,40)/t22-/m0/s1. The number of nitrogens with one attached hydrogen (secondary N) is 1. The van der Waals surface area contributed by atoms with E-state index in [-0.39, 0.29) is 29.0 Å². The number of rotatable bonds is 7. The quantitative estimate of drug-likeness (QED) is 0.268. The van der Waals surface area contributed by atoms with Crippen molar-refractivity contribution in [3.05, 3.63) is 92.8 Å². The van der Waals surface area contributed by atoms with Crippen molar-refractivity contribution < 1.29 is 9.84 Å². The zero-order chi connectivity index (χ0) is 34.0. The second kappa shape index (κ2) is 11.9. The Morgan fingerprint density at radius 3 is 2.61 bits per heavy atom. The van der Waals surface area contributed by atoms with Crippen molar-refractivity contribution >= 4 is 22.8 Å². The number of hydrogen-bond donors (Lipinski definition) is 2. The van der Waals surface area contributed by atoms with Gasteiger partial charge in [0.05, 0.1) is 43.4 Å². The van der Waals surface area contributed by atoms with E-state index >= 15 is 0 Å². The van der Waals surface area contributed by atoms with Crippen molar-refractivity contribution in [3.8, 4) is 17.1 Å². The van der Waals surface area contributed by atoms with E-state index in [9.17, 15) is 14.7 Å². The molecule has 2 N–H and O–H groups in total. The summed E-state index contributed by atoms with van der Waals surface area (Å²) in [5.41, 5.74) is 4.99. The minimum Gasteiger partial charge on any atom is -0.392 e. The van der Waals surface area contributed by atoms with Gasteiger partial charge >= 0.3 is 0 Å². The van der Waals surface area contributed by atoms with Gasteiger partial charge in [0.15, 0.2) is 5.82 Å². The molecule has 0 radical (unpaired) electrons. The highest BCUT2D eigenvalue weighted by Gasteiger charge is 2.33. The molecule has 0 bridgehead atoms. The molecule has 2 fully saturated rings. The summed E-state index contributed by atoms with van der Waals surface area (Å²) in [6, 6.07) is 8.43. The molecule has 8 rings (SSSR count). The molecule has 0 amide bonds. The van der Waals surface area contributed by atoms with E-state index in [1.54, 1.807) is 31.7 Å². The molecule has 254 valence electrons. The fourth-order valence-electron chi connectivity index (χ4n) is 7.62. The third-order valence-corrected chi connectivity index (χ3v) is 10.2. The Morgan fingerprint density at radius 1 is 1.06 bits per heavy atom. The number of piperazine rings is 1. The summed E-state index contributed by atoms with van der Waals surface area (Å²) in [7, 11) is 1.65. The van der Waals surface area contributed by atoms with Gasteiger partial charge in [-0.05, 0) is 55.0 Å². The van der Waals surface area contributed by atoms with Crippen molar-refractivity contribution in [3.63, 3.8) is 0 Å². The monoisotopic (exact) mass is 663 g/mol. The van der Waals surface area contributed by atoms with Crippen LogP contribution >= 0.6 is 0 Å². The van der Waals surface area contributed by atoms with Crippen LogP contribution in [0.4, 0.5) is 17.3 Å². The number of nitrogens with zero attached hydrogens (tertiary/aromatic N) is 8. The molecular formula is C36H41N9O4. The minimum atomic E-state index is -0.390. The molecule has 7 heterocycles. The number of ether oxygens (including phenoxy) is 1. The SMILES string of the molecule is C[C@H]1CN(C2COC2)CCN1c1ccc(Nc2nc(-c3ccnc(-n4ccn5c6c(cc5c4=O)CC(C)(C)C6)c3CO)cn(C)c2=O)nc1. The summed E-state index contributed by atoms with van der Waals surface area (Å²) in [4.78, 5) is 45.7. The Balaban J connectivity index is 1.07. The molecule has 0 spiro atoms. The highest BCUT2D eigenvalue weighted by molar-refractivity contribution is 5.68. The van der Waals surface area contributed by atoms with Crippen molar-refractivity contribution in [1.82, 2.24) is 33.4 Å². The lowest BCUT2D eigenvalue weighted by Gasteiger charge is -2.46. The number of aliphatic hydroxyl groups excluding tert-OH is 1. The zero-order valence-electron chi connectivity index (χ0n) is 28.3. The van der Waals surface area contributed by atoms with Gasteiger partial charge in [0.25, 0.3) is 11.1 Å². The predicted octanol–water partition coefficient (Wildman–Crippen LogP) is 2.91. The second-order valence-corrected chi connectivity index (χ2v) is 14.3. The van der Waals surface area contributed by atoms with Crippen LogP contribution in [0.3, 0.4) is 0 Å². The fourth-order valence-corrected chi connectivity index (χ4v) is 7.62. The van der Waals surface area contributed by atoms with Crippen LogP contribution < -0.4 is 21.3 Å². The first kappa shape index (κ1) is 31.4. The summed E-state index contributed by atoms with van der Waals surface area (Å²) >= 11 is 0. The number of anilines is 3. The van der Waals surface area contributed by atoms with Gasteiger partial charge in [0.1, 0.15) is 17.2 Å². The first-order valence-electron chi connectivity index (χ1n) is 16.8. The molecule has 1 aliphatic carbocycles. The van der Waals surface area contributed by atoms with E-state index in [0.29, 0.717) is 46.1 Å². The van der Waals surface area contributed by atoms with Crippen LogP contribution in [0.2, 0.25) is 0 Å². The molecule has 0 unspecified atom stereocenters. The third kappa shape index (κ3) is 5.51. The Hall–Kier alpha value is -4.85. The lowest BCUT2D eigenvalue weighted by atomic mass is 9.90. The van der Waals surface area contributed by atoms with Crippen LogP contribution in [0.1, 0.15) is 37.6 Å². The number of fused-ring (bicyclic) bond motifs is 3. The first-order valence-corrected chi connectivity index (χ1v) is 16.8. The van der Waals surface area contributed by atoms with Crippen LogP contribution in [-0.4, -0.2) is 83.4 Å².